The van der Waals surface area contributed by atoms with Gasteiger partial charge in [-0.15, -0.1) is 12.4 Å². The van der Waals surface area contributed by atoms with E-state index >= 15 is 0 Å². The number of hydrogen-bond donors (Lipinski definition) is 1. The highest BCUT2D eigenvalue weighted by atomic mass is 35.5. The minimum atomic E-state index is -0.464. The van der Waals surface area contributed by atoms with Crippen LogP contribution in [0.5, 0.6) is 5.75 Å². The molecule has 3 heterocycles. The van der Waals surface area contributed by atoms with Crippen molar-refractivity contribution in [3.63, 3.8) is 0 Å². The molecule has 2 aliphatic rings. The Bertz CT molecular complexity index is 923. The van der Waals surface area contributed by atoms with Crippen LogP contribution in [0.25, 0.3) is 11.1 Å². The summed E-state index contributed by atoms with van der Waals surface area (Å²) in [5, 5.41) is 3.52. The number of aromatic nitrogens is 1. The Kier molecular flexibility index (Phi) is 6.15. The first-order valence-electron chi connectivity index (χ1n) is 9.86. The van der Waals surface area contributed by atoms with E-state index in [1.54, 1.807) is 17.2 Å². The van der Waals surface area contributed by atoms with E-state index in [9.17, 15) is 9.18 Å². The summed E-state index contributed by atoms with van der Waals surface area (Å²) in [5.74, 6) is 0.577. The molecule has 2 fully saturated rings. The van der Waals surface area contributed by atoms with Gasteiger partial charge in [-0.05, 0) is 68.5 Å². The highest BCUT2D eigenvalue weighted by molar-refractivity contribution is 5.88. The zero-order valence-corrected chi connectivity index (χ0v) is 17.8. The van der Waals surface area contributed by atoms with E-state index in [4.69, 9.17) is 4.74 Å². The molecule has 0 radical (unpaired) electrons. The third-order valence-corrected chi connectivity index (χ3v) is 5.95. The summed E-state index contributed by atoms with van der Waals surface area (Å²) in [7, 11) is 1.85. The van der Waals surface area contributed by atoms with Gasteiger partial charge in [0.05, 0.1) is 18.3 Å². The van der Waals surface area contributed by atoms with Crippen LogP contribution in [0.2, 0.25) is 0 Å². The van der Waals surface area contributed by atoms with Crippen LogP contribution >= 0.6 is 12.4 Å². The standard InChI is InChI=1S/C22H26FN3O2.ClH/c1-4-28-20-13-16(17(23)11-14(20)2)15-6-9-24-19(12-15)18-5-7-22(25-18)8-10-26(3)21(22)27;/h6,9,11-13,18,25H,4-5,7-8,10H2,1-3H3;1H/t18-,22-;/m0./s1. The van der Waals surface area contributed by atoms with Crippen molar-refractivity contribution in [2.75, 3.05) is 20.2 Å². The number of halogens is 2. The van der Waals surface area contributed by atoms with E-state index in [1.165, 1.54) is 6.07 Å². The Balaban J connectivity index is 0.00000240. The number of pyridine rings is 1. The van der Waals surface area contributed by atoms with E-state index in [1.807, 2.05) is 33.0 Å². The normalized spacial score (nSPS) is 23.5. The molecule has 2 aliphatic heterocycles. The molecule has 2 aromatic rings. The average molecular weight is 420 g/mol. The SMILES string of the molecule is CCOc1cc(-c2ccnc([C@@H]3CC[C@@]4(CCN(C)C4=O)N3)c2)c(F)cc1C.Cl. The molecule has 0 aliphatic carbocycles. The van der Waals surface area contributed by atoms with Crippen molar-refractivity contribution in [2.24, 2.45) is 0 Å². The lowest BCUT2D eigenvalue weighted by Gasteiger charge is -2.23. The van der Waals surface area contributed by atoms with Crippen molar-refractivity contribution in [2.45, 2.75) is 44.7 Å². The van der Waals surface area contributed by atoms with E-state index in [-0.39, 0.29) is 30.2 Å². The lowest BCUT2D eigenvalue weighted by Crippen LogP contribution is -2.47. The van der Waals surface area contributed by atoms with Gasteiger partial charge in [0.15, 0.2) is 0 Å². The van der Waals surface area contributed by atoms with Crippen LogP contribution in [0.1, 0.15) is 43.5 Å². The van der Waals surface area contributed by atoms with Crippen molar-refractivity contribution in [1.82, 2.24) is 15.2 Å². The number of likely N-dealkylation sites (tertiary alicyclic amines) is 1. The van der Waals surface area contributed by atoms with Crippen LogP contribution in [0.15, 0.2) is 30.5 Å². The predicted octanol–water partition coefficient (Wildman–Crippen LogP) is 4.04. The van der Waals surface area contributed by atoms with Crippen LogP contribution in [0.3, 0.4) is 0 Å². The maximum absolute atomic E-state index is 14.7. The summed E-state index contributed by atoms with van der Waals surface area (Å²) in [5.41, 5.74) is 2.42. The quantitative estimate of drug-likeness (QED) is 0.812. The van der Waals surface area contributed by atoms with Crippen LogP contribution in [0, 0.1) is 12.7 Å². The Morgan fingerprint density at radius 3 is 2.83 bits per heavy atom. The molecule has 1 amide bonds. The summed E-state index contributed by atoms with van der Waals surface area (Å²) in [6.07, 6.45) is 4.18. The Hall–Kier alpha value is -2.18. The highest BCUT2D eigenvalue weighted by Crippen LogP contribution is 2.39. The summed E-state index contributed by atoms with van der Waals surface area (Å²) in [6.45, 7) is 5.06. The largest absolute Gasteiger partial charge is 0.494 e. The Morgan fingerprint density at radius 2 is 2.14 bits per heavy atom. The highest BCUT2D eigenvalue weighted by Gasteiger charge is 2.50. The summed E-state index contributed by atoms with van der Waals surface area (Å²) >= 11 is 0. The zero-order valence-electron chi connectivity index (χ0n) is 17.0. The van der Waals surface area contributed by atoms with Gasteiger partial charge in [0.1, 0.15) is 17.1 Å². The summed E-state index contributed by atoms with van der Waals surface area (Å²) < 4.78 is 20.3. The van der Waals surface area contributed by atoms with Crippen LogP contribution in [-0.2, 0) is 4.79 Å². The molecule has 7 heteroatoms. The van der Waals surface area contributed by atoms with Crippen molar-refractivity contribution < 1.29 is 13.9 Å². The number of likely N-dealkylation sites (N-methyl/N-ethyl adjacent to an activating group) is 1. The topological polar surface area (TPSA) is 54.5 Å². The minimum absolute atomic E-state index is 0. The number of carbonyl (C=O) groups excluding carboxylic acids is 1. The Labute approximate surface area is 177 Å². The number of rotatable bonds is 4. The van der Waals surface area contributed by atoms with Gasteiger partial charge in [-0.2, -0.15) is 0 Å². The summed E-state index contributed by atoms with van der Waals surface area (Å²) in [6, 6.07) is 6.99. The van der Waals surface area contributed by atoms with E-state index in [0.717, 1.165) is 42.6 Å². The van der Waals surface area contributed by atoms with Crippen molar-refractivity contribution >= 4 is 18.3 Å². The predicted molar refractivity (Wildman–Crippen MR) is 113 cm³/mol. The maximum Gasteiger partial charge on any atom is 0.242 e. The van der Waals surface area contributed by atoms with Gasteiger partial charge in [-0.3, -0.25) is 15.1 Å². The molecular weight excluding hydrogens is 393 g/mol. The van der Waals surface area contributed by atoms with Crippen LogP contribution in [-0.4, -0.2) is 41.5 Å². The fourth-order valence-corrected chi connectivity index (χ4v) is 4.38. The first kappa shape index (κ1) is 21.5. The fraction of sp³-hybridized carbons (Fsp3) is 0.455. The van der Waals surface area contributed by atoms with Crippen molar-refractivity contribution in [3.8, 4) is 16.9 Å². The third kappa shape index (κ3) is 3.83. The van der Waals surface area contributed by atoms with Gasteiger partial charge >= 0.3 is 0 Å². The molecule has 0 saturated carbocycles. The summed E-state index contributed by atoms with van der Waals surface area (Å²) in [4.78, 5) is 18.8. The van der Waals surface area contributed by atoms with Crippen molar-refractivity contribution in [1.29, 1.82) is 0 Å². The van der Waals surface area contributed by atoms with Gasteiger partial charge in [-0.25, -0.2) is 4.39 Å². The molecule has 0 unspecified atom stereocenters. The molecule has 1 N–H and O–H groups in total. The molecule has 1 spiro atoms. The molecule has 1 aromatic heterocycles. The molecule has 2 saturated heterocycles. The second kappa shape index (κ2) is 8.28. The molecule has 4 rings (SSSR count). The van der Waals surface area contributed by atoms with Crippen molar-refractivity contribution in [3.05, 3.63) is 47.5 Å². The third-order valence-electron chi connectivity index (χ3n) is 5.95. The lowest BCUT2D eigenvalue weighted by atomic mass is 9.96. The number of nitrogens with one attached hydrogen (secondary N) is 1. The number of benzene rings is 1. The van der Waals surface area contributed by atoms with E-state index in [0.29, 0.717) is 17.9 Å². The van der Waals surface area contributed by atoms with Gasteiger partial charge in [0.25, 0.3) is 0 Å². The molecular formula is C22H27ClFN3O2. The molecule has 156 valence electrons. The smallest absolute Gasteiger partial charge is 0.242 e. The minimum Gasteiger partial charge on any atom is -0.494 e. The van der Waals surface area contributed by atoms with Gasteiger partial charge in [-0.1, -0.05) is 0 Å². The van der Waals surface area contributed by atoms with E-state index < -0.39 is 5.54 Å². The first-order chi connectivity index (χ1) is 13.4. The van der Waals surface area contributed by atoms with Gasteiger partial charge in [0, 0.05) is 25.4 Å². The van der Waals surface area contributed by atoms with Crippen LogP contribution < -0.4 is 10.1 Å². The molecule has 29 heavy (non-hydrogen) atoms. The second-order valence-corrected chi connectivity index (χ2v) is 7.79. The number of amides is 1. The zero-order chi connectivity index (χ0) is 19.9. The van der Waals surface area contributed by atoms with Crippen LogP contribution in [0.4, 0.5) is 4.39 Å². The number of ether oxygens (including phenoxy) is 1. The first-order valence-corrected chi connectivity index (χ1v) is 9.86. The second-order valence-electron chi connectivity index (χ2n) is 7.79. The molecule has 5 nitrogen and oxygen atoms in total. The number of carbonyl (C=O) groups is 1. The van der Waals surface area contributed by atoms with Gasteiger partial charge < -0.3 is 9.64 Å². The number of aryl methyl sites for hydroxylation is 1. The lowest BCUT2D eigenvalue weighted by molar-refractivity contribution is -0.131. The average Bonchev–Trinajstić information content (AvgIpc) is 3.24. The fourth-order valence-electron chi connectivity index (χ4n) is 4.38. The monoisotopic (exact) mass is 419 g/mol. The number of nitrogens with zero attached hydrogens (tertiary/aromatic N) is 2. The van der Waals surface area contributed by atoms with E-state index in [2.05, 4.69) is 10.3 Å². The van der Waals surface area contributed by atoms with Gasteiger partial charge in [0.2, 0.25) is 5.91 Å². The molecule has 1 aromatic carbocycles. The maximum atomic E-state index is 14.7. The molecule has 0 bridgehead atoms. The number of hydrogen-bond acceptors (Lipinski definition) is 4. The Morgan fingerprint density at radius 1 is 1.34 bits per heavy atom. The molecule has 2 atom stereocenters.